The summed E-state index contributed by atoms with van der Waals surface area (Å²) >= 11 is 5.73. The lowest BCUT2D eigenvalue weighted by atomic mass is 10.1. The second-order valence-corrected chi connectivity index (χ2v) is 5.35. The summed E-state index contributed by atoms with van der Waals surface area (Å²) in [6.07, 6.45) is 0. The standard InChI is InChI=1S/C16H12ClFN4O2/c17-12-7-9(1-6-13(12)18)8-24-11-4-2-10(3-5-11)14-15(16(19)23)21-22-20-14/h1-7H,8H2,(H2,19,23)(H,20,21,22). The minimum Gasteiger partial charge on any atom is -0.489 e. The number of aromatic nitrogens is 3. The molecular weight excluding hydrogens is 335 g/mol. The molecule has 3 aromatic rings. The molecule has 1 aromatic heterocycles. The predicted octanol–water partition coefficient (Wildman–Crippen LogP) is 2.94. The normalized spacial score (nSPS) is 10.6. The zero-order valence-corrected chi connectivity index (χ0v) is 13.0. The Balaban J connectivity index is 1.71. The minimum absolute atomic E-state index is 0.0523. The van der Waals surface area contributed by atoms with Crippen LogP contribution in [0.25, 0.3) is 11.3 Å². The van der Waals surface area contributed by atoms with Crippen LogP contribution in [-0.4, -0.2) is 21.3 Å². The Hall–Kier alpha value is -2.93. The SMILES string of the molecule is NC(=O)c1n[nH]nc1-c1ccc(OCc2ccc(F)c(Cl)c2)cc1. The molecule has 3 N–H and O–H groups in total. The quantitative estimate of drug-likeness (QED) is 0.742. The summed E-state index contributed by atoms with van der Waals surface area (Å²) in [7, 11) is 0. The Morgan fingerprint density at radius 1 is 1.21 bits per heavy atom. The summed E-state index contributed by atoms with van der Waals surface area (Å²) in [6.45, 7) is 0.246. The van der Waals surface area contributed by atoms with Crippen LogP contribution in [0.4, 0.5) is 4.39 Å². The van der Waals surface area contributed by atoms with Gasteiger partial charge in [0.15, 0.2) is 5.69 Å². The number of carbonyl (C=O) groups is 1. The number of aromatic amines is 1. The number of H-pyrrole nitrogens is 1. The number of primary amides is 1. The van der Waals surface area contributed by atoms with Crippen molar-refractivity contribution < 1.29 is 13.9 Å². The molecular formula is C16H12ClFN4O2. The molecule has 0 saturated carbocycles. The number of nitrogens with one attached hydrogen (secondary N) is 1. The fourth-order valence-electron chi connectivity index (χ4n) is 2.11. The summed E-state index contributed by atoms with van der Waals surface area (Å²) in [6, 6.07) is 11.3. The van der Waals surface area contributed by atoms with Crippen LogP contribution in [0.2, 0.25) is 5.02 Å². The monoisotopic (exact) mass is 346 g/mol. The molecule has 0 aliphatic rings. The van der Waals surface area contributed by atoms with Crippen LogP contribution in [-0.2, 0) is 6.61 Å². The summed E-state index contributed by atoms with van der Waals surface area (Å²) in [5.74, 6) is -0.529. The molecule has 0 aliphatic carbocycles. The minimum atomic E-state index is -0.660. The Labute approximate surface area is 141 Å². The fourth-order valence-corrected chi connectivity index (χ4v) is 2.31. The fraction of sp³-hybridized carbons (Fsp3) is 0.0625. The van der Waals surface area contributed by atoms with E-state index in [1.165, 1.54) is 12.1 Å². The largest absolute Gasteiger partial charge is 0.489 e. The van der Waals surface area contributed by atoms with E-state index in [9.17, 15) is 9.18 Å². The maximum atomic E-state index is 13.1. The lowest BCUT2D eigenvalue weighted by Gasteiger charge is -2.07. The van der Waals surface area contributed by atoms with Crippen LogP contribution in [0.15, 0.2) is 42.5 Å². The summed E-state index contributed by atoms with van der Waals surface area (Å²) in [4.78, 5) is 11.3. The number of amides is 1. The van der Waals surface area contributed by atoms with Gasteiger partial charge in [-0.05, 0) is 42.0 Å². The first kappa shape index (κ1) is 15.9. The molecule has 0 fully saturated rings. The van der Waals surface area contributed by atoms with Crippen LogP contribution < -0.4 is 10.5 Å². The Morgan fingerprint density at radius 2 is 1.96 bits per heavy atom. The van der Waals surface area contributed by atoms with Crippen LogP contribution in [0, 0.1) is 5.82 Å². The molecule has 1 heterocycles. The number of ether oxygens (including phenoxy) is 1. The first-order valence-corrected chi connectivity index (χ1v) is 7.30. The van der Waals surface area contributed by atoms with Crippen LogP contribution in [0.1, 0.15) is 16.1 Å². The van der Waals surface area contributed by atoms with E-state index in [2.05, 4.69) is 15.4 Å². The molecule has 0 spiro atoms. The zero-order valence-electron chi connectivity index (χ0n) is 12.3. The van der Waals surface area contributed by atoms with E-state index >= 15 is 0 Å². The molecule has 3 rings (SSSR count). The molecule has 0 atom stereocenters. The average molecular weight is 347 g/mol. The molecule has 122 valence electrons. The van der Waals surface area contributed by atoms with Crippen molar-refractivity contribution in [2.75, 3.05) is 0 Å². The van der Waals surface area contributed by atoms with Gasteiger partial charge in [0.05, 0.1) is 5.02 Å². The highest BCUT2D eigenvalue weighted by atomic mass is 35.5. The Bertz CT molecular complexity index is 880. The number of hydrogen-bond acceptors (Lipinski definition) is 4. The van der Waals surface area contributed by atoms with Gasteiger partial charge in [-0.3, -0.25) is 4.79 Å². The zero-order chi connectivity index (χ0) is 17.1. The number of hydrogen-bond donors (Lipinski definition) is 2. The first-order valence-electron chi connectivity index (χ1n) is 6.92. The maximum absolute atomic E-state index is 13.1. The molecule has 2 aromatic carbocycles. The van der Waals surface area contributed by atoms with Gasteiger partial charge in [0.1, 0.15) is 23.9 Å². The van der Waals surface area contributed by atoms with Crippen molar-refractivity contribution in [1.82, 2.24) is 15.4 Å². The van der Waals surface area contributed by atoms with E-state index in [0.717, 1.165) is 5.56 Å². The molecule has 0 radical (unpaired) electrons. The van der Waals surface area contributed by atoms with Crippen molar-refractivity contribution in [1.29, 1.82) is 0 Å². The maximum Gasteiger partial charge on any atom is 0.271 e. The molecule has 0 bridgehead atoms. The van der Waals surface area contributed by atoms with Gasteiger partial charge in [-0.1, -0.05) is 17.7 Å². The Kier molecular flexibility index (Phi) is 4.43. The number of benzene rings is 2. The topological polar surface area (TPSA) is 93.9 Å². The second kappa shape index (κ2) is 6.67. The first-order chi connectivity index (χ1) is 11.5. The van der Waals surface area contributed by atoms with Crippen molar-refractivity contribution >= 4 is 17.5 Å². The van der Waals surface area contributed by atoms with E-state index in [1.54, 1.807) is 30.3 Å². The molecule has 6 nitrogen and oxygen atoms in total. The number of halogens is 2. The van der Waals surface area contributed by atoms with Crippen molar-refractivity contribution in [3.05, 3.63) is 64.6 Å². The molecule has 0 saturated heterocycles. The highest BCUT2D eigenvalue weighted by molar-refractivity contribution is 6.30. The highest BCUT2D eigenvalue weighted by Crippen LogP contribution is 2.23. The van der Waals surface area contributed by atoms with Gasteiger partial charge in [-0.15, -0.1) is 0 Å². The van der Waals surface area contributed by atoms with E-state index in [-0.39, 0.29) is 17.3 Å². The third-order valence-electron chi connectivity index (χ3n) is 3.30. The van der Waals surface area contributed by atoms with Crippen LogP contribution in [0.5, 0.6) is 5.75 Å². The van der Waals surface area contributed by atoms with Crippen molar-refractivity contribution in [2.45, 2.75) is 6.61 Å². The van der Waals surface area contributed by atoms with Gasteiger partial charge in [0.25, 0.3) is 5.91 Å². The van der Waals surface area contributed by atoms with Gasteiger partial charge in [-0.2, -0.15) is 15.4 Å². The van der Waals surface area contributed by atoms with E-state index in [1.807, 2.05) is 0 Å². The van der Waals surface area contributed by atoms with Gasteiger partial charge >= 0.3 is 0 Å². The molecule has 1 amide bonds. The van der Waals surface area contributed by atoms with Crippen LogP contribution >= 0.6 is 11.6 Å². The predicted molar refractivity (Wildman–Crippen MR) is 86.1 cm³/mol. The number of nitrogens with zero attached hydrogens (tertiary/aromatic N) is 2. The van der Waals surface area contributed by atoms with Crippen molar-refractivity contribution in [2.24, 2.45) is 5.73 Å². The summed E-state index contributed by atoms with van der Waals surface area (Å²) in [5, 5.41) is 10.1. The number of rotatable bonds is 5. The average Bonchev–Trinajstić information content (AvgIpc) is 3.06. The van der Waals surface area contributed by atoms with Crippen LogP contribution in [0.3, 0.4) is 0 Å². The van der Waals surface area contributed by atoms with E-state index in [0.29, 0.717) is 17.0 Å². The van der Waals surface area contributed by atoms with Gasteiger partial charge in [-0.25, -0.2) is 4.39 Å². The lowest BCUT2D eigenvalue weighted by Crippen LogP contribution is -2.12. The van der Waals surface area contributed by atoms with Gasteiger partial charge in [0, 0.05) is 5.56 Å². The number of nitrogens with two attached hydrogens (primary N) is 1. The summed E-state index contributed by atoms with van der Waals surface area (Å²) < 4.78 is 18.7. The molecule has 8 heteroatoms. The second-order valence-electron chi connectivity index (χ2n) is 4.95. The van der Waals surface area contributed by atoms with Crippen molar-refractivity contribution in [3.8, 4) is 17.0 Å². The smallest absolute Gasteiger partial charge is 0.271 e. The summed E-state index contributed by atoms with van der Waals surface area (Å²) in [5.41, 5.74) is 7.11. The van der Waals surface area contributed by atoms with E-state index < -0.39 is 11.7 Å². The molecule has 24 heavy (non-hydrogen) atoms. The van der Waals surface area contributed by atoms with Gasteiger partial charge in [0.2, 0.25) is 0 Å². The van der Waals surface area contributed by atoms with Gasteiger partial charge < -0.3 is 10.5 Å². The molecule has 0 unspecified atom stereocenters. The lowest BCUT2D eigenvalue weighted by molar-refractivity contribution is 0.0996. The number of carbonyl (C=O) groups excluding carboxylic acids is 1. The van der Waals surface area contributed by atoms with E-state index in [4.69, 9.17) is 22.1 Å². The Morgan fingerprint density at radius 3 is 2.62 bits per heavy atom. The molecule has 0 aliphatic heterocycles. The third kappa shape index (κ3) is 3.36. The highest BCUT2D eigenvalue weighted by Gasteiger charge is 2.14. The third-order valence-corrected chi connectivity index (χ3v) is 3.59. The van der Waals surface area contributed by atoms with Crippen molar-refractivity contribution in [3.63, 3.8) is 0 Å².